The van der Waals surface area contributed by atoms with E-state index < -0.39 is 0 Å². The molecule has 0 heteroatoms. The van der Waals surface area contributed by atoms with Crippen molar-refractivity contribution in [3.05, 3.63) is 22.3 Å². The van der Waals surface area contributed by atoms with Crippen LogP contribution in [0.5, 0.6) is 0 Å². The summed E-state index contributed by atoms with van der Waals surface area (Å²) in [6, 6.07) is 0. The predicted molar refractivity (Wildman–Crippen MR) is 57.9 cm³/mol. The van der Waals surface area contributed by atoms with Gasteiger partial charge in [-0.3, -0.25) is 0 Å². The van der Waals surface area contributed by atoms with Gasteiger partial charge in [0.05, 0.1) is 0 Å². The van der Waals surface area contributed by atoms with Crippen LogP contribution in [0.4, 0.5) is 0 Å². The fraction of sp³-hybridized carbons (Fsp3) is 0.700. The maximum atomic E-state index is 2.12. The Morgan fingerprint density at radius 1 is 0.600 bits per heavy atom. The van der Waals surface area contributed by atoms with Crippen LogP contribution in [0.3, 0.4) is 0 Å². The summed E-state index contributed by atoms with van der Waals surface area (Å²) in [5.74, 6) is 0. The van der Waals surface area contributed by atoms with Crippen molar-refractivity contribution in [3.63, 3.8) is 0 Å². The maximum absolute atomic E-state index is 2.12. The van der Waals surface area contributed by atoms with Gasteiger partial charge in [-0.1, -0.05) is 48.0 Å². The van der Waals surface area contributed by atoms with Crippen LogP contribution in [0.15, 0.2) is 0 Å². The van der Waals surface area contributed by atoms with Crippen molar-refractivity contribution in [3.8, 4) is 0 Å². The molecule has 0 aliphatic heterocycles. The summed E-state index contributed by atoms with van der Waals surface area (Å²) >= 11 is 0. The second kappa shape index (κ2) is 144. The number of rotatable bonds is 0. The zero-order valence-corrected chi connectivity index (χ0v) is 8.41. The van der Waals surface area contributed by atoms with Crippen LogP contribution in [0.25, 0.3) is 0 Å². The normalized spacial score (nSPS) is 3.60. The Balaban J connectivity index is -0.00000000571. The minimum Gasteiger partial charge on any atom is -0.358 e. The lowest BCUT2D eigenvalue weighted by atomic mass is 10.6. The van der Waals surface area contributed by atoms with Gasteiger partial charge in [0.2, 0.25) is 0 Å². The molecule has 0 spiro atoms. The predicted octanol–water partition coefficient (Wildman–Crippen LogP) is 4.82. The van der Waals surface area contributed by atoms with E-state index >= 15 is 0 Å². The zero-order chi connectivity index (χ0) is 5.41. The molecule has 0 bridgehead atoms. The molecule has 0 rings (SSSR count). The molecule has 0 saturated heterocycles. The molecule has 0 radical (unpaired) electrons. The second-order valence-corrected chi connectivity index (χ2v) is 1.41. The first-order valence-corrected chi connectivity index (χ1v) is 2.83. The Labute approximate surface area is 71.1 Å². The van der Waals surface area contributed by atoms with Gasteiger partial charge < -0.3 is 22.3 Å². The van der Waals surface area contributed by atoms with E-state index in [0.29, 0.717) is 0 Å². The molecule has 0 aromatic rings. The molecule has 0 heterocycles. The van der Waals surface area contributed by atoms with E-state index in [4.69, 9.17) is 0 Å². The van der Waals surface area contributed by atoms with E-state index in [1.165, 1.54) is 12.8 Å². The van der Waals surface area contributed by atoms with Gasteiger partial charge in [0.1, 0.15) is 0 Å². The van der Waals surface area contributed by atoms with E-state index in [-0.39, 0.29) is 29.7 Å². The highest BCUT2D eigenvalue weighted by Crippen LogP contribution is 1.56. The standard InChI is InChI=1S/2C3H8.CH4.3CH3/c2*1-3-2;;;;/h2*3H2,1-2H3;1H4;3*1H3/q;;;3*-1. The first kappa shape index (κ1) is 50.6. The van der Waals surface area contributed by atoms with Crippen molar-refractivity contribution < 1.29 is 0 Å². The summed E-state index contributed by atoms with van der Waals surface area (Å²) in [5.41, 5.74) is 0. The zero-order valence-electron chi connectivity index (χ0n) is 8.41. The van der Waals surface area contributed by atoms with Crippen molar-refractivity contribution in [1.29, 1.82) is 0 Å². The first-order chi connectivity index (χ1) is 2.83. The molecule has 0 aliphatic carbocycles. The summed E-state index contributed by atoms with van der Waals surface area (Å²) in [5, 5.41) is 0. The highest BCUT2D eigenvalue weighted by Gasteiger charge is 1.36. The van der Waals surface area contributed by atoms with Gasteiger partial charge in [0.25, 0.3) is 0 Å². The van der Waals surface area contributed by atoms with E-state index in [0.717, 1.165) is 0 Å². The van der Waals surface area contributed by atoms with Crippen molar-refractivity contribution in [1.82, 2.24) is 0 Å². The summed E-state index contributed by atoms with van der Waals surface area (Å²) < 4.78 is 0. The Bertz CT molecular complexity index is 2.00. The summed E-state index contributed by atoms with van der Waals surface area (Å²) in [7, 11) is 0. The van der Waals surface area contributed by atoms with Crippen LogP contribution in [0, 0.1) is 22.3 Å². The number of hydrogen-bond donors (Lipinski definition) is 0. The smallest absolute Gasteiger partial charge is 0.0590 e. The second-order valence-electron chi connectivity index (χ2n) is 1.41. The van der Waals surface area contributed by atoms with Gasteiger partial charge in [-0.2, -0.15) is 0 Å². The lowest BCUT2D eigenvalue weighted by molar-refractivity contribution is 1.09. The molecule has 0 aromatic heterocycles. The Morgan fingerprint density at radius 3 is 0.600 bits per heavy atom. The topological polar surface area (TPSA) is 0 Å². The average Bonchev–Trinajstić information content (AvgIpc) is 1.39. The fourth-order valence-corrected chi connectivity index (χ4v) is 0. The van der Waals surface area contributed by atoms with Gasteiger partial charge in [0, 0.05) is 0 Å². The Kier molecular flexibility index (Phi) is 729. The van der Waals surface area contributed by atoms with Gasteiger partial charge in [-0.05, 0) is 0 Å². The van der Waals surface area contributed by atoms with Crippen molar-refractivity contribution in [2.75, 3.05) is 0 Å². The molecule has 0 atom stereocenters. The molecular formula is C10H29-3. The minimum atomic E-state index is 0. The van der Waals surface area contributed by atoms with E-state index in [2.05, 4.69) is 27.7 Å². The molecule has 0 aliphatic rings. The minimum absolute atomic E-state index is 0. The van der Waals surface area contributed by atoms with E-state index in [9.17, 15) is 0 Å². The van der Waals surface area contributed by atoms with Crippen molar-refractivity contribution >= 4 is 0 Å². The molecule has 0 saturated carbocycles. The maximum Gasteiger partial charge on any atom is -0.0590 e. The van der Waals surface area contributed by atoms with Crippen molar-refractivity contribution in [2.24, 2.45) is 0 Å². The van der Waals surface area contributed by atoms with Crippen molar-refractivity contribution in [2.45, 2.75) is 48.0 Å². The largest absolute Gasteiger partial charge is 0.358 e. The lowest BCUT2D eigenvalue weighted by Gasteiger charge is -1.48. The molecule has 0 aromatic carbocycles. The molecule has 0 fully saturated rings. The summed E-state index contributed by atoms with van der Waals surface area (Å²) in [6.45, 7) is 8.50. The Hall–Kier alpha value is 0. The van der Waals surface area contributed by atoms with E-state index in [1.807, 2.05) is 0 Å². The molecule has 0 N–H and O–H groups in total. The molecule has 0 unspecified atom stereocenters. The van der Waals surface area contributed by atoms with Crippen LogP contribution in [0.1, 0.15) is 48.0 Å². The molecule has 0 nitrogen and oxygen atoms in total. The first-order valence-electron chi connectivity index (χ1n) is 2.83. The van der Waals surface area contributed by atoms with Crippen LogP contribution >= 0.6 is 0 Å². The van der Waals surface area contributed by atoms with Crippen LogP contribution in [-0.2, 0) is 0 Å². The Morgan fingerprint density at radius 2 is 0.600 bits per heavy atom. The third kappa shape index (κ3) is 0. The average molecular weight is 149 g/mol. The quantitative estimate of drug-likeness (QED) is 0.433. The SMILES string of the molecule is C.CCC.CCC.[CH3-].[CH3-].[CH3-]. The van der Waals surface area contributed by atoms with Gasteiger partial charge in [-0.15, -0.1) is 0 Å². The monoisotopic (exact) mass is 149 g/mol. The lowest BCUT2D eigenvalue weighted by Crippen LogP contribution is -1.27. The molecule has 10 heavy (non-hydrogen) atoms. The molecule has 72 valence electrons. The summed E-state index contributed by atoms with van der Waals surface area (Å²) in [6.07, 6.45) is 2.50. The third-order valence-corrected chi connectivity index (χ3v) is 0. The van der Waals surface area contributed by atoms with Crippen LogP contribution in [0.2, 0.25) is 0 Å². The van der Waals surface area contributed by atoms with E-state index in [1.54, 1.807) is 0 Å². The highest BCUT2D eigenvalue weighted by molar-refractivity contribution is 3.92. The summed E-state index contributed by atoms with van der Waals surface area (Å²) in [4.78, 5) is 0. The highest BCUT2D eigenvalue weighted by atomic mass is 13.4. The molecular weight excluding hydrogens is 120 g/mol. The van der Waals surface area contributed by atoms with Gasteiger partial charge >= 0.3 is 0 Å². The van der Waals surface area contributed by atoms with Gasteiger partial charge in [-0.25, -0.2) is 0 Å². The van der Waals surface area contributed by atoms with Gasteiger partial charge in [0.15, 0.2) is 0 Å². The third-order valence-electron chi connectivity index (χ3n) is 0. The van der Waals surface area contributed by atoms with Crippen LogP contribution in [-0.4, -0.2) is 0 Å². The van der Waals surface area contributed by atoms with Crippen LogP contribution < -0.4 is 0 Å². The molecule has 0 amide bonds. The fourth-order valence-electron chi connectivity index (χ4n) is 0. The number of hydrogen-bond acceptors (Lipinski definition) is 0.